The SMILES string of the molecule is Cc1cc(C#CC2=CC=C(C3CC(C)(C)N(C)C3=O)PC2)ccn1. The molecular formula is C20H23N2OP. The molecule has 2 atom stereocenters. The van der Waals surface area contributed by atoms with Gasteiger partial charge in [-0.2, -0.15) is 0 Å². The van der Waals surface area contributed by atoms with Crippen molar-refractivity contribution >= 4 is 14.5 Å². The summed E-state index contributed by atoms with van der Waals surface area (Å²) in [6, 6.07) is 3.93. The Kier molecular flexibility index (Phi) is 4.61. The molecule has 0 aliphatic carbocycles. The minimum atomic E-state index is -0.0456. The van der Waals surface area contributed by atoms with Crippen molar-refractivity contribution in [2.24, 2.45) is 5.92 Å². The zero-order valence-corrected chi connectivity index (χ0v) is 15.7. The molecule has 3 nitrogen and oxygen atoms in total. The number of amides is 1. The predicted molar refractivity (Wildman–Crippen MR) is 100 cm³/mol. The van der Waals surface area contributed by atoms with Crippen molar-refractivity contribution in [2.75, 3.05) is 13.2 Å². The van der Waals surface area contributed by atoms with Gasteiger partial charge in [0.2, 0.25) is 5.91 Å². The number of hydrogen-bond acceptors (Lipinski definition) is 2. The molecule has 3 rings (SSSR count). The Morgan fingerprint density at radius 3 is 2.71 bits per heavy atom. The number of rotatable bonds is 1. The lowest BCUT2D eigenvalue weighted by atomic mass is 9.95. The summed E-state index contributed by atoms with van der Waals surface area (Å²) in [7, 11) is 2.57. The molecule has 0 radical (unpaired) electrons. The second-order valence-corrected chi connectivity index (χ2v) is 8.35. The maximum Gasteiger partial charge on any atom is 0.230 e. The molecule has 1 amide bonds. The normalized spacial score (nSPS) is 23.6. The van der Waals surface area contributed by atoms with Gasteiger partial charge in [0.1, 0.15) is 0 Å². The van der Waals surface area contributed by atoms with Gasteiger partial charge in [-0.15, -0.1) is 0 Å². The van der Waals surface area contributed by atoms with Crippen molar-refractivity contribution in [3.63, 3.8) is 0 Å². The molecule has 2 aliphatic heterocycles. The van der Waals surface area contributed by atoms with Crippen LogP contribution < -0.4 is 0 Å². The molecule has 3 heterocycles. The molecule has 0 spiro atoms. The number of likely N-dealkylation sites (tertiary alicyclic amines) is 1. The van der Waals surface area contributed by atoms with Crippen LogP contribution in [0.15, 0.2) is 41.4 Å². The highest BCUT2D eigenvalue weighted by Gasteiger charge is 2.44. The van der Waals surface area contributed by atoms with E-state index in [2.05, 4.69) is 42.8 Å². The minimum Gasteiger partial charge on any atom is -0.340 e. The number of allylic oxidation sites excluding steroid dienone is 3. The van der Waals surface area contributed by atoms with Gasteiger partial charge in [0.15, 0.2) is 0 Å². The van der Waals surface area contributed by atoms with Crippen molar-refractivity contribution in [1.29, 1.82) is 0 Å². The lowest BCUT2D eigenvalue weighted by Crippen LogP contribution is -2.37. The first-order valence-corrected chi connectivity index (χ1v) is 9.44. The van der Waals surface area contributed by atoms with Crippen LogP contribution in [0, 0.1) is 24.7 Å². The van der Waals surface area contributed by atoms with Gasteiger partial charge in [0, 0.05) is 41.8 Å². The number of nitrogens with zero attached hydrogens (tertiary/aromatic N) is 2. The Balaban J connectivity index is 1.75. The topological polar surface area (TPSA) is 33.2 Å². The number of carbonyl (C=O) groups is 1. The zero-order chi connectivity index (χ0) is 17.3. The van der Waals surface area contributed by atoms with Crippen molar-refractivity contribution < 1.29 is 4.79 Å². The van der Waals surface area contributed by atoms with Gasteiger partial charge in [-0.25, -0.2) is 0 Å². The largest absolute Gasteiger partial charge is 0.340 e. The molecule has 2 unspecified atom stereocenters. The predicted octanol–water partition coefficient (Wildman–Crippen LogP) is 3.50. The van der Waals surface area contributed by atoms with Gasteiger partial charge < -0.3 is 4.90 Å². The second-order valence-electron chi connectivity index (χ2n) is 7.07. The molecule has 1 aromatic rings. The van der Waals surface area contributed by atoms with E-state index in [0.717, 1.165) is 29.4 Å². The summed E-state index contributed by atoms with van der Waals surface area (Å²) >= 11 is 0. The molecule has 0 bridgehead atoms. The fourth-order valence-corrected chi connectivity index (χ4v) is 4.38. The third kappa shape index (κ3) is 3.45. The number of carbonyl (C=O) groups excluding carboxylic acids is 1. The lowest BCUT2D eigenvalue weighted by Gasteiger charge is -2.26. The molecule has 0 saturated carbocycles. The monoisotopic (exact) mass is 338 g/mol. The first-order chi connectivity index (χ1) is 11.4. The Bertz CT molecular complexity index is 795. The summed E-state index contributed by atoms with van der Waals surface area (Å²) in [5.74, 6) is 6.78. The maximum absolute atomic E-state index is 12.5. The van der Waals surface area contributed by atoms with Crippen LogP contribution in [-0.4, -0.2) is 34.5 Å². The fraction of sp³-hybridized carbons (Fsp3) is 0.400. The zero-order valence-electron chi connectivity index (χ0n) is 14.7. The van der Waals surface area contributed by atoms with E-state index in [9.17, 15) is 4.79 Å². The van der Waals surface area contributed by atoms with E-state index in [1.54, 1.807) is 6.20 Å². The van der Waals surface area contributed by atoms with Gasteiger partial charge in [0.25, 0.3) is 0 Å². The van der Waals surface area contributed by atoms with E-state index in [4.69, 9.17) is 0 Å². The van der Waals surface area contributed by atoms with Crippen LogP contribution >= 0.6 is 8.58 Å². The van der Waals surface area contributed by atoms with Gasteiger partial charge in [0.05, 0.1) is 5.92 Å². The number of aromatic nitrogens is 1. The molecule has 124 valence electrons. The van der Waals surface area contributed by atoms with Crippen LogP contribution in [0.4, 0.5) is 0 Å². The highest BCUT2D eigenvalue weighted by molar-refractivity contribution is 7.43. The van der Waals surface area contributed by atoms with E-state index < -0.39 is 0 Å². The molecule has 1 saturated heterocycles. The molecule has 0 aromatic carbocycles. The molecule has 1 aromatic heterocycles. The smallest absolute Gasteiger partial charge is 0.230 e. The van der Waals surface area contributed by atoms with Crippen molar-refractivity contribution in [3.05, 3.63) is 52.6 Å². The van der Waals surface area contributed by atoms with Gasteiger partial charge in [-0.3, -0.25) is 9.78 Å². The summed E-state index contributed by atoms with van der Waals surface area (Å²) in [6.45, 7) is 6.25. The van der Waals surface area contributed by atoms with Crippen LogP contribution in [-0.2, 0) is 4.79 Å². The molecule has 24 heavy (non-hydrogen) atoms. The molecular weight excluding hydrogens is 315 g/mol. The third-order valence-electron chi connectivity index (χ3n) is 4.83. The van der Waals surface area contributed by atoms with Crippen LogP contribution in [0.3, 0.4) is 0 Å². The minimum absolute atomic E-state index is 0.0456. The van der Waals surface area contributed by atoms with Crippen LogP contribution in [0.25, 0.3) is 0 Å². The van der Waals surface area contributed by atoms with E-state index in [0.29, 0.717) is 8.58 Å². The van der Waals surface area contributed by atoms with E-state index in [1.807, 2.05) is 31.0 Å². The van der Waals surface area contributed by atoms with E-state index in [-0.39, 0.29) is 17.4 Å². The molecule has 0 N–H and O–H groups in total. The van der Waals surface area contributed by atoms with Crippen molar-refractivity contribution in [2.45, 2.75) is 32.7 Å². The molecule has 2 aliphatic rings. The average molecular weight is 338 g/mol. The Morgan fingerprint density at radius 1 is 1.33 bits per heavy atom. The lowest BCUT2D eigenvalue weighted by molar-refractivity contribution is -0.130. The van der Waals surface area contributed by atoms with Crippen LogP contribution in [0.2, 0.25) is 0 Å². The third-order valence-corrected chi connectivity index (χ3v) is 6.31. The summed E-state index contributed by atoms with van der Waals surface area (Å²) in [4.78, 5) is 18.6. The van der Waals surface area contributed by atoms with Crippen molar-refractivity contribution in [3.8, 4) is 11.8 Å². The highest BCUT2D eigenvalue weighted by Crippen LogP contribution is 2.44. The van der Waals surface area contributed by atoms with E-state index in [1.165, 1.54) is 5.31 Å². The maximum atomic E-state index is 12.5. The summed E-state index contributed by atoms with van der Waals surface area (Å²) < 4.78 is 0. The highest BCUT2D eigenvalue weighted by atomic mass is 31.1. The quantitative estimate of drug-likeness (QED) is 0.580. The number of hydrogen-bond donors (Lipinski definition) is 0. The number of aryl methyl sites for hydroxylation is 1. The Morgan fingerprint density at radius 2 is 2.12 bits per heavy atom. The van der Waals surface area contributed by atoms with Crippen LogP contribution in [0.1, 0.15) is 31.5 Å². The van der Waals surface area contributed by atoms with Gasteiger partial charge >= 0.3 is 0 Å². The van der Waals surface area contributed by atoms with Gasteiger partial charge in [-0.1, -0.05) is 26.5 Å². The summed E-state index contributed by atoms with van der Waals surface area (Å²) in [5, 5.41) is 1.28. The molecule has 1 fully saturated rings. The second kappa shape index (κ2) is 6.54. The Hall–Kier alpha value is -1.91. The van der Waals surface area contributed by atoms with E-state index >= 15 is 0 Å². The van der Waals surface area contributed by atoms with Crippen molar-refractivity contribution in [1.82, 2.24) is 9.88 Å². The first kappa shape index (κ1) is 16.9. The Labute approximate surface area is 146 Å². The summed E-state index contributed by atoms with van der Waals surface area (Å²) in [5.41, 5.74) is 3.08. The van der Waals surface area contributed by atoms with Crippen LogP contribution in [0.5, 0.6) is 0 Å². The average Bonchev–Trinajstić information content (AvgIpc) is 2.77. The number of pyridine rings is 1. The van der Waals surface area contributed by atoms with Gasteiger partial charge in [-0.05, 0) is 50.7 Å². The fourth-order valence-electron chi connectivity index (χ4n) is 3.11. The molecule has 4 heteroatoms. The standard InChI is InChI=1S/C20H23N2OP/c1-14-11-15(9-10-21-14)5-6-16-7-8-18(24-13-16)17-12-20(2,3)22(4)19(17)23/h7-11,17,24H,12-13H2,1-4H3. The summed E-state index contributed by atoms with van der Waals surface area (Å²) in [6.07, 6.45) is 7.86. The first-order valence-electron chi connectivity index (χ1n) is 8.24.